The number of hydrogen-bond donors (Lipinski definition) is 1. The van der Waals surface area contributed by atoms with Crippen LogP contribution in [0.1, 0.15) is 25.8 Å². The maximum atomic E-state index is 13.3. The van der Waals surface area contributed by atoms with Crippen molar-refractivity contribution in [2.45, 2.75) is 26.4 Å². The fraction of sp³-hybridized carbons (Fsp3) is 0.273. The van der Waals surface area contributed by atoms with Gasteiger partial charge in [0.1, 0.15) is 17.3 Å². The molecule has 3 rings (SSSR count). The van der Waals surface area contributed by atoms with Crippen LogP contribution in [0.4, 0.5) is 14.5 Å². The van der Waals surface area contributed by atoms with E-state index in [2.05, 4.69) is 5.32 Å². The molecule has 7 heteroatoms. The van der Waals surface area contributed by atoms with Gasteiger partial charge in [0.25, 0.3) is 11.8 Å². The fourth-order valence-corrected chi connectivity index (χ4v) is 3.00. The number of carbonyl (C=O) groups excluding carboxylic acids is 2. The number of anilines is 1. The summed E-state index contributed by atoms with van der Waals surface area (Å²) in [7, 11) is 0. The molecule has 0 atom stereocenters. The number of nitrogens with one attached hydrogen (secondary N) is 1. The fourth-order valence-electron chi connectivity index (χ4n) is 3.00. The van der Waals surface area contributed by atoms with Crippen molar-refractivity contribution >= 4 is 23.1 Å². The summed E-state index contributed by atoms with van der Waals surface area (Å²) in [6.07, 6.45) is 0.555. The lowest BCUT2D eigenvalue weighted by atomic mass is 10.0. The molecular weight excluding hydrogens is 378 g/mol. The predicted molar refractivity (Wildman–Crippen MR) is 106 cm³/mol. The largest absolute Gasteiger partial charge is 0.379 e. The van der Waals surface area contributed by atoms with Crippen molar-refractivity contribution in [2.75, 3.05) is 18.5 Å². The number of benzene rings is 2. The van der Waals surface area contributed by atoms with Crippen molar-refractivity contribution < 1.29 is 23.1 Å². The molecule has 0 radical (unpaired) electrons. The molecule has 0 aliphatic carbocycles. The van der Waals surface area contributed by atoms with E-state index in [1.54, 1.807) is 0 Å². The van der Waals surface area contributed by atoms with Gasteiger partial charge in [-0.15, -0.1) is 0 Å². The Morgan fingerprint density at radius 2 is 1.52 bits per heavy atom. The maximum Gasteiger partial charge on any atom is 0.278 e. The van der Waals surface area contributed by atoms with Gasteiger partial charge in [0, 0.05) is 18.8 Å². The Labute approximate surface area is 168 Å². The normalized spacial score (nSPS) is 14.3. The van der Waals surface area contributed by atoms with Crippen molar-refractivity contribution in [3.63, 3.8) is 0 Å². The van der Waals surface area contributed by atoms with Crippen molar-refractivity contribution in [1.29, 1.82) is 0 Å². The summed E-state index contributed by atoms with van der Waals surface area (Å²) >= 11 is 0. The predicted octanol–water partition coefficient (Wildman–Crippen LogP) is 3.97. The molecule has 2 aromatic carbocycles. The monoisotopic (exact) mass is 400 g/mol. The lowest BCUT2D eigenvalue weighted by molar-refractivity contribution is -0.137. The summed E-state index contributed by atoms with van der Waals surface area (Å²) in [5.74, 6) is -1.80. The van der Waals surface area contributed by atoms with Crippen LogP contribution >= 0.6 is 0 Å². The van der Waals surface area contributed by atoms with Gasteiger partial charge in [-0.2, -0.15) is 0 Å². The van der Waals surface area contributed by atoms with Gasteiger partial charge in [-0.25, -0.2) is 8.78 Å². The Hall–Kier alpha value is -3.06. The van der Waals surface area contributed by atoms with Crippen molar-refractivity contribution in [3.8, 4) is 0 Å². The van der Waals surface area contributed by atoms with Gasteiger partial charge in [-0.05, 0) is 62.2 Å². The molecule has 2 amide bonds. The van der Waals surface area contributed by atoms with Gasteiger partial charge >= 0.3 is 0 Å². The highest BCUT2D eigenvalue weighted by Gasteiger charge is 2.38. The minimum absolute atomic E-state index is 0.0589. The number of hydrogen-bond acceptors (Lipinski definition) is 4. The third-order valence-corrected chi connectivity index (χ3v) is 4.39. The van der Waals surface area contributed by atoms with Crippen molar-refractivity contribution in [1.82, 2.24) is 4.90 Å². The number of halogens is 2. The average Bonchev–Trinajstić information content (AvgIpc) is 2.91. The van der Waals surface area contributed by atoms with E-state index in [0.717, 1.165) is 4.90 Å². The van der Waals surface area contributed by atoms with E-state index in [1.807, 2.05) is 13.8 Å². The second-order valence-electron chi connectivity index (χ2n) is 6.92. The molecule has 2 aromatic rings. The van der Waals surface area contributed by atoms with Gasteiger partial charge < -0.3 is 10.1 Å². The molecule has 1 aliphatic heterocycles. The molecule has 0 bridgehead atoms. The van der Waals surface area contributed by atoms with Crippen LogP contribution in [0.2, 0.25) is 0 Å². The van der Waals surface area contributed by atoms with Gasteiger partial charge in [0.15, 0.2) is 0 Å². The zero-order valence-electron chi connectivity index (χ0n) is 16.2. The average molecular weight is 400 g/mol. The first-order valence-corrected chi connectivity index (χ1v) is 9.37. The number of ether oxygens (including phenoxy) is 1. The van der Waals surface area contributed by atoms with Crippen LogP contribution in [0.3, 0.4) is 0 Å². The molecule has 5 nitrogen and oxygen atoms in total. The third-order valence-electron chi connectivity index (χ3n) is 4.39. The highest BCUT2D eigenvalue weighted by molar-refractivity contribution is 6.36. The lowest BCUT2D eigenvalue weighted by Gasteiger charge is -2.16. The molecule has 0 fully saturated rings. The van der Waals surface area contributed by atoms with Gasteiger partial charge in [0.05, 0.1) is 11.7 Å². The Morgan fingerprint density at radius 1 is 0.931 bits per heavy atom. The van der Waals surface area contributed by atoms with E-state index in [1.165, 1.54) is 48.5 Å². The lowest BCUT2D eigenvalue weighted by Crippen LogP contribution is -2.34. The molecule has 0 saturated carbocycles. The first kappa shape index (κ1) is 20.7. The molecular formula is C22H22F2N2O3. The van der Waals surface area contributed by atoms with Crippen LogP contribution in [-0.4, -0.2) is 36.0 Å². The van der Waals surface area contributed by atoms with Crippen LogP contribution in [-0.2, 0) is 14.3 Å². The molecule has 1 heterocycles. The highest BCUT2D eigenvalue weighted by atomic mass is 19.1. The van der Waals surface area contributed by atoms with Gasteiger partial charge in [-0.3, -0.25) is 14.5 Å². The Bertz CT molecular complexity index is 922. The van der Waals surface area contributed by atoms with Crippen molar-refractivity contribution in [2.24, 2.45) is 0 Å². The molecule has 0 aromatic heterocycles. The third kappa shape index (κ3) is 4.86. The summed E-state index contributed by atoms with van der Waals surface area (Å²) in [5, 5.41) is 2.93. The topological polar surface area (TPSA) is 58.6 Å². The minimum atomic E-state index is -0.483. The second-order valence-corrected chi connectivity index (χ2v) is 6.92. The van der Waals surface area contributed by atoms with Crippen molar-refractivity contribution in [3.05, 3.63) is 71.4 Å². The molecule has 29 heavy (non-hydrogen) atoms. The number of amides is 2. The SMILES string of the molecule is CC(C)OCCCN1C(=O)C(Nc2ccc(F)cc2)=C(c2ccc(F)cc2)C1=O. The van der Waals surface area contributed by atoms with Gasteiger partial charge in [-0.1, -0.05) is 12.1 Å². The molecule has 1 N–H and O–H groups in total. The molecule has 0 saturated heterocycles. The Balaban J connectivity index is 1.88. The van der Waals surface area contributed by atoms with Crippen LogP contribution in [0, 0.1) is 11.6 Å². The minimum Gasteiger partial charge on any atom is -0.379 e. The van der Waals surface area contributed by atoms with E-state index < -0.39 is 23.4 Å². The summed E-state index contributed by atoms with van der Waals surface area (Å²) < 4.78 is 32.0. The first-order chi connectivity index (χ1) is 13.9. The smallest absolute Gasteiger partial charge is 0.278 e. The summed E-state index contributed by atoms with van der Waals surface area (Å²) in [6, 6.07) is 10.8. The molecule has 0 spiro atoms. The van der Waals surface area contributed by atoms with Crippen LogP contribution in [0.25, 0.3) is 5.57 Å². The Kier molecular flexibility index (Phi) is 6.39. The van der Waals surface area contributed by atoms with E-state index in [4.69, 9.17) is 4.74 Å². The summed E-state index contributed by atoms with van der Waals surface area (Å²) in [5.41, 5.74) is 1.13. The maximum absolute atomic E-state index is 13.3. The first-order valence-electron chi connectivity index (χ1n) is 9.37. The molecule has 1 aliphatic rings. The van der Waals surface area contributed by atoms with E-state index >= 15 is 0 Å². The highest BCUT2D eigenvalue weighted by Crippen LogP contribution is 2.30. The quantitative estimate of drug-likeness (QED) is 0.538. The van der Waals surface area contributed by atoms with E-state index in [9.17, 15) is 18.4 Å². The zero-order valence-corrected chi connectivity index (χ0v) is 16.2. The van der Waals surface area contributed by atoms with Crippen LogP contribution < -0.4 is 5.32 Å². The number of imide groups is 1. The molecule has 0 unspecified atom stereocenters. The number of nitrogens with zero attached hydrogens (tertiary/aromatic N) is 1. The van der Waals surface area contributed by atoms with E-state index in [0.29, 0.717) is 24.3 Å². The zero-order chi connectivity index (χ0) is 21.0. The Morgan fingerprint density at radius 3 is 2.10 bits per heavy atom. The summed E-state index contributed by atoms with van der Waals surface area (Å²) in [6.45, 7) is 4.43. The van der Waals surface area contributed by atoms with Crippen LogP contribution in [0.15, 0.2) is 54.2 Å². The summed E-state index contributed by atoms with van der Waals surface area (Å²) in [4.78, 5) is 27.1. The number of rotatable bonds is 8. The molecule has 152 valence electrons. The van der Waals surface area contributed by atoms with E-state index in [-0.39, 0.29) is 23.9 Å². The standard InChI is InChI=1S/C22H22F2N2O3/c1-14(2)29-13-3-12-26-21(27)19(15-4-6-16(23)7-5-15)20(22(26)28)25-18-10-8-17(24)9-11-18/h4-11,14,25H,3,12-13H2,1-2H3. The van der Waals surface area contributed by atoms with Gasteiger partial charge in [0.2, 0.25) is 0 Å². The number of carbonyl (C=O) groups is 2. The second kappa shape index (κ2) is 8.96. The van der Waals surface area contributed by atoms with Crippen LogP contribution in [0.5, 0.6) is 0 Å².